The van der Waals surface area contributed by atoms with Crippen molar-refractivity contribution in [1.82, 2.24) is 5.32 Å². The van der Waals surface area contributed by atoms with Crippen LogP contribution >= 0.6 is 0 Å². The normalized spacial score (nSPS) is 12.6. The molecule has 0 aliphatic carbocycles. The van der Waals surface area contributed by atoms with E-state index >= 15 is 0 Å². The van der Waals surface area contributed by atoms with E-state index in [4.69, 9.17) is 0 Å². The lowest BCUT2D eigenvalue weighted by atomic mass is 9.90. The fraction of sp³-hybridized carbons (Fsp3) is 0.667. The molecule has 0 aromatic heterocycles. The van der Waals surface area contributed by atoms with Gasteiger partial charge in [-0.3, -0.25) is 0 Å². The summed E-state index contributed by atoms with van der Waals surface area (Å²) in [4.78, 5) is 0. The molecule has 1 N–H and O–H groups in total. The lowest BCUT2D eigenvalue weighted by Crippen LogP contribution is -2.23. The topological polar surface area (TPSA) is 12.0 Å². The van der Waals surface area contributed by atoms with Crippen LogP contribution in [0.3, 0.4) is 0 Å². The van der Waals surface area contributed by atoms with Crippen LogP contribution in [0.5, 0.6) is 0 Å². The van der Waals surface area contributed by atoms with Crippen LogP contribution < -0.4 is 5.32 Å². The van der Waals surface area contributed by atoms with Crippen molar-refractivity contribution in [3.05, 3.63) is 35.4 Å². The molecule has 0 aliphatic heterocycles. The first-order chi connectivity index (χ1) is 9.29. The molecular formula is C18H31N. The third-order valence-corrected chi connectivity index (χ3v) is 3.85. The van der Waals surface area contributed by atoms with E-state index in [1.165, 1.54) is 44.1 Å². The summed E-state index contributed by atoms with van der Waals surface area (Å²) >= 11 is 0. The van der Waals surface area contributed by atoms with E-state index in [1.807, 2.05) is 0 Å². The SMILES string of the molecule is CCCCCCC(CNCCC)c1ccccc1C. The van der Waals surface area contributed by atoms with Crippen LogP contribution in [0.2, 0.25) is 0 Å². The van der Waals surface area contributed by atoms with E-state index in [-0.39, 0.29) is 0 Å². The molecule has 108 valence electrons. The van der Waals surface area contributed by atoms with Gasteiger partial charge in [0.1, 0.15) is 0 Å². The van der Waals surface area contributed by atoms with Crippen molar-refractivity contribution in [2.24, 2.45) is 0 Å². The Hall–Kier alpha value is -0.820. The molecule has 1 rings (SSSR count). The molecule has 1 aromatic carbocycles. The standard InChI is InChI=1S/C18H31N/c1-4-6-7-8-12-17(15-19-14-5-2)18-13-10-9-11-16(18)3/h9-11,13,17,19H,4-8,12,14-15H2,1-3H3. The van der Waals surface area contributed by atoms with E-state index in [1.54, 1.807) is 5.56 Å². The maximum absolute atomic E-state index is 3.60. The summed E-state index contributed by atoms with van der Waals surface area (Å²) < 4.78 is 0. The smallest absolute Gasteiger partial charge is 0.00202 e. The Bertz CT molecular complexity index is 332. The molecule has 0 radical (unpaired) electrons. The molecule has 0 heterocycles. The maximum atomic E-state index is 3.60. The van der Waals surface area contributed by atoms with Crippen molar-refractivity contribution in [3.63, 3.8) is 0 Å². The van der Waals surface area contributed by atoms with Gasteiger partial charge >= 0.3 is 0 Å². The number of hydrogen-bond donors (Lipinski definition) is 1. The zero-order valence-electron chi connectivity index (χ0n) is 13.0. The van der Waals surface area contributed by atoms with Gasteiger partial charge in [-0.1, -0.05) is 63.8 Å². The summed E-state index contributed by atoms with van der Waals surface area (Å²) in [5, 5.41) is 3.60. The number of nitrogens with one attached hydrogen (secondary N) is 1. The molecule has 1 heteroatoms. The first kappa shape index (κ1) is 16.2. The third kappa shape index (κ3) is 6.24. The lowest BCUT2D eigenvalue weighted by Gasteiger charge is -2.20. The molecule has 0 saturated carbocycles. The number of benzene rings is 1. The van der Waals surface area contributed by atoms with Crippen LogP contribution in [-0.2, 0) is 0 Å². The average Bonchev–Trinajstić information content (AvgIpc) is 2.42. The monoisotopic (exact) mass is 261 g/mol. The minimum Gasteiger partial charge on any atom is -0.316 e. The van der Waals surface area contributed by atoms with Crippen molar-refractivity contribution >= 4 is 0 Å². The zero-order valence-corrected chi connectivity index (χ0v) is 13.0. The molecule has 0 amide bonds. The Labute approximate surface area is 119 Å². The summed E-state index contributed by atoms with van der Waals surface area (Å²) in [5.41, 5.74) is 2.99. The van der Waals surface area contributed by atoms with Gasteiger partial charge < -0.3 is 5.32 Å². The average molecular weight is 261 g/mol. The van der Waals surface area contributed by atoms with Crippen LogP contribution in [0.1, 0.15) is 69.4 Å². The quantitative estimate of drug-likeness (QED) is 0.581. The zero-order chi connectivity index (χ0) is 13.9. The van der Waals surface area contributed by atoms with Gasteiger partial charge in [0, 0.05) is 6.54 Å². The second-order valence-corrected chi connectivity index (χ2v) is 5.61. The van der Waals surface area contributed by atoms with Crippen molar-refractivity contribution in [3.8, 4) is 0 Å². The second-order valence-electron chi connectivity index (χ2n) is 5.61. The predicted molar refractivity (Wildman–Crippen MR) is 85.8 cm³/mol. The Balaban J connectivity index is 2.55. The van der Waals surface area contributed by atoms with Crippen LogP contribution in [-0.4, -0.2) is 13.1 Å². The highest BCUT2D eigenvalue weighted by Crippen LogP contribution is 2.25. The molecule has 1 unspecified atom stereocenters. The van der Waals surface area contributed by atoms with Crippen LogP contribution in [0.4, 0.5) is 0 Å². The highest BCUT2D eigenvalue weighted by Gasteiger charge is 2.12. The van der Waals surface area contributed by atoms with E-state index in [0.29, 0.717) is 5.92 Å². The van der Waals surface area contributed by atoms with Gasteiger partial charge in [-0.25, -0.2) is 0 Å². The van der Waals surface area contributed by atoms with Crippen LogP contribution in [0.25, 0.3) is 0 Å². The van der Waals surface area contributed by atoms with Gasteiger partial charge in [0.25, 0.3) is 0 Å². The summed E-state index contributed by atoms with van der Waals surface area (Å²) in [6.07, 6.45) is 7.98. The Morgan fingerprint density at radius 2 is 1.79 bits per heavy atom. The third-order valence-electron chi connectivity index (χ3n) is 3.85. The van der Waals surface area contributed by atoms with Crippen LogP contribution in [0.15, 0.2) is 24.3 Å². The van der Waals surface area contributed by atoms with Gasteiger partial charge in [-0.15, -0.1) is 0 Å². The van der Waals surface area contributed by atoms with Gasteiger partial charge in [-0.05, 0) is 43.4 Å². The van der Waals surface area contributed by atoms with E-state index < -0.39 is 0 Å². The summed E-state index contributed by atoms with van der Waals surface area (Å²) in [6.45, 7) is 9.02. The second kappa shape index (κ2) is 10.0. The molecule has 1 nitrogen and oxygen atoms in total. The fourth-order valence-corrected chi connectivity index (χ4v) is 2.68. The highest BCUT2D eigenvalue weighted by molar-refractivity contribution is 5.29. The van der Waals surface area contributed by atoms with Crippen molar-refractivity contribution in [1.29, 1.82) is 0 Å². The Kier molecular flexibility index (Phi) is 8.57. The van der Waals surface area contributed by atoms with Gasteiger partial charge in [0.15, 0.2) is 0 Å². The predicted octanol–water partition coefficient (Wildman–Crippen LogP) is 5.05. The van der Waals surface area contributed by atoms with Gasteiger partial charge in [0.05, 0.1) is 0 Å². The molecule has 19 heavy (non-hydrogen) atoms. The van der Waals surface area contributed by atoms with E-state index in [2.05, 4.69) is 50.4 Å². The van der Waals surface area contributed by atoms with E-state index in [9.17, 15) is 0 Å². The van der Waals surface area contributed by atoms with E-state index in [0.717, 1.165) is 13.1 Å². The maximum Gasteiger partial charge on any atom is 0.00202 e. The minimum absolute atomic E-state index is 0.685. The first-order valence-electron chi connectivity index (χ1n) is 8.05. The minimum atomic E-state index is 0.685. The molecule has 1 atom stereocenters. The number of rotatable bonds is 10. The van der Waals surface area contributed by atoms with Crippen molar-refractivity contribution < 1.29 is 0 Å². The molecule has 0 bridgehead atoms. The lowest BCUT2D eigenvalue weighted by molar-refractivity contribution is 0.512. The highest BCUT2D eigenvalue weighted by atomic mass is 14.8. The molecular weight excluding hydrogens is 230 g/mol. The van der Waals surface area contributed by atoms with Crippen LogP contribution in [0, 0.1) is 6.92 Å². The number of hydrogen-bond acceptors (Lipinski definition) is 1. The number of aryl methyl sites for hydroxylation is 1. The molecule has 1 aromatic rings. The summed E-state index contributed by atoms with van der Waals surface area (Å²) in [7, 11) is 0. The van der Waals surface area contributed by atoms with Gasteiger partial charge in [0.2, 0.25) is 0 Å². The summed E-state index contributed by atoms with van der Waals surface area (Å²) in [6, 6.07) is 8.88. The molecule has 0 aliphatic rings. The Morgan fingerprint density at radius 3 is 2.47 bits per heavy atom. The molecule has 0 saturated heterocycles. The van der Waals surface area contributed by atoms with Gasteiger partial charge in [-0.2, -0.15) is 0 Å². The van der Waals surface area contributed by atoms with Crippen molar-refractivity contribution in [2.75, 3.05) is 13.1 Å². The summed E-state index contributed by atoms with van der Waals surface area (Å²) in [5.74, 6) is 0.685. The fourth-order valence-electron chi connectivity index (χ4n) is 2.68. The number of unbranched alkanes of at least 4 members (excludes halogenated alkanes) is 3. The largest absolute Gasteiger partial charge is 0.316 e. The first-order valence-corrected chi connectivity index (χ1v) is 8.05. The van der Waals surface area contributed by atoms with Crippen molar-refractivity contribution in [2.45, 2.75) is 65.2 Å². The molecule has 0 fully saturated rings. The molecule has 0 spiro atoms. The Morgan fingerprint density at radius 1 is 1.00 bits per heavy atom.